The SMILES string of the molecule is C#CCOc1ccc([N+](=O)[O-])cc1/C=N\NC(=O)c1ccc(OC)cc1O. The largest absolute Gasteiger partial charge is 0.507 e. The molecule has 27 heavy (non-hydrogen) atoms. The summed E-state index contributed by atoms with van der Waals surface area (Å²) in [4.78, 5) is 22.4. The number of carbonyl (C=O) groups is 1. The van der Waals surface area contributed by atoms with E-state index in [0.29, 0.717) is 5.75 Å². The number of hydrogen-bond donors (Lipinski definition) is 2. The minimum Gasteiger partial charge on any atom is -0.507 e. The minimum atomic E-state index is -0.678. The topological polar surface area (TPSA) is 123 Å². The molecule has 0 fully saturated rings. The Morgan fingerprint density at radius 2 is 2.19 bits per heavy atom. The zero-order valence-electron chi connectivity index (χ0n) is 14.2. The van der Waals surface area contributed by atoms with Crippen LogP contribution in [-0.2, 0) is 0 Å². The second kappa shape index (κ2) is 8.87. The highest BCUT2D eigenvalue weighted by atomic mass is 16.6. The number of terminal acetylenes is 1. The molecule has 1 amide bonds. The van der Waals surface area contributed by atoms with E-state index in [1.807, 2.05) is 0 Å². The Morgan fingerprint density at radius 1 is 1.41 bits per heavy atom. The van der Waals surface area contributed by atoms with E-state index in [-0.39, 0.29) is 34.9 Å². The Labute approximate surface area is 154 Å². The molecule has 2 aromatic carbocycles. The van der Waals surface area contributed by atoms with E-state index in [1.165, 1.54) is 49.7 Å². The highest BCUT2D eigenvalue weighted by Crippen LogP contribution is 2.24. The molecular weight excluding hydrogens is 354 g/mol. The summed E-state index contributed by atoms with van der Waals surface area (Å²) in [6, 6.07) is 8.03. The zero-order chi connectivity index (χ0) is 19.8. The highest BCUT2D eigenvalue weighted by molar-refractivity contribution is 5.97. The first kappa shape index (κ1) is 19.3. The molecular formula is C18H15N3O6. The van der Waals surface area contributed by atoms with E-state index < -0.39 is 10.8 Å². The van der Waals surface area contributed by atoms with E-state index in [0.717, 1.165) is 0 Å². The average Bonchev–Trinajstić information content (AvgIpc) is 2.66. The summed E-state index contributed by atoms with van der Waals surface area (Å²) in [5, 5.41) is 24.5. The van der Waals surface area contributed by atoms with Gasteiger partial charge in [-0.3, -0.25) is 14.9 Å². The summed E-state index contributed by atoms with van der Waals surface area (Å²) < 4.78 is 10.2. The van der Waals surface area contributed by atoms with Gasteiger partial charge in [-0.25, -0.2) is 5.43 Å². The molecule has 0 aliphatic heterocycles. The van der Waals surface area contributed by atoms with Crippen molar-refractivity contribution >= 4 is 17.8 Å². The minimum absolute atomic E-state index is 0.0178. The monoisotopic (exact) mass is 369 g/mol. The number of phenols is 1. The van der Waals surface area contributed by atoms with E-state index in [2.05, 4.69) is 16.4 Å². The molecule has 0 spiro atoms. The standard InChI is InChI=1S/C18H15N3O6/c1-3-8-27-17-7-4-13(21(24)25)9-12(17)11-19-20-18(23)15-6-5-14(26-2)10-16(15)22/h1,4-7,9-11,22H,8H2,2H3,(H,20,23)/b19-11-. The molecule has 2 rings (SSSR count). The lowest BCUT2D eigenvalue weighted by atomic mass is 10.2. The Morgan fingerprint density at radius 3 is 2.81 bits per heavy atom. The maximum Gasteiger partial charge on any atom is 0.275 e. The molecule has 0 aromatic heterocycles. The molecule has 0 bridgehead atoms. The van der Waals surface area contributed by atoms with Gasteiger partial charge in [-0.2, -0.15) is 5.10 Å². The number of nitrogens with one attached hydrogen (secondary N) is 1. The van der Waals surface area contributed by atoms with Crippen molar-refractivity contribution in [2.24, 2.45) is 5.10 Å². The van der Waals surface area contributed by atoms with Crippen molar-refractivity contribution in [3.63, 3.8) is 0 Å². The van der Waals surface area contributed by atoms with Crippen LogP contribution in [0.4, 0.5) is 5.69 Å². The van der Waals surface area contributed by atoms with Crippen LogP contribution in [0.25, 0.3) is 0 Å². The van der Waals surface area contributed by atoms with E-state index in [1.54, 1.807) is 0 Å². The number of nitrogens with zero attached hydrogens (tertiary/aromatic N) is 2. The number of benzene rings is 2. The third kappa shape index (κ3) is 4.96. The molecule has 9 heteroatoms. The van der Waals surface area contributed by atoms with Gasteiger partial charge in [-0.05, 0) is 18.2 Å². The zero-order valence-corrected chi connectivity index (χ0v) is 14.2. The number of ether oxygens (including phenoxy) is 2. The number of aromatic hydroxyl groups is 1. The van der Waals surface area contributed by atoms with Gasteiger partial charge in [0.25, 0.3) is 11.6 Å². The van der Waals surface area contributed by atoms with Crippen molar-refractivity contribution in [2.45, 2.75) is 0 Å². The fourth-order valence-corrected chi connectivity index (χ4v) is 2.05. The predicted molar refractivity (Wildman–Crippen MR) is 97.1 cm³/mol. The fourth-order valence-electron chi connectivity index (χ4n) is 2.05. The normalized spacial score (nSPS) is 10.2. The molecule has 0 radical (unpaired) electrons. The highest BCUT2D eigenvalue weighted by Gasteiger charge is 2.13. The smallest absolute Gasteiger partial charge is 0.275 e. The van der Waals surface area contributed by atoms with Crippen molar-refractivity contribution in [1.82, 2.24) is 5.43 Å². The third-order valence-electron chi connectivity index (χ3n) is 3.33. The molecule has 0 aliphatic carbocycles. The number of amides is 1. The van der Waals surface area contributed by atoms with Crippen LogP contribution < -0.4 is 14.9 Å². The van der Waals surface area contributed by atoms with Gasteiger partial charge in [-0.15, -0.1) is 6.42 Å². The molecule has 0 unspecified atom stereocenters. The van der Waals surface area contributed by atoms with Gasteiger partial charge in [0.2, 0.25) is 0 Å². The van der Waals surface area contributed by atoms with Crippen molar-refractivity contribution in [3.8, 4) is 29.6 Å². The molecule has 9 nitrogen and oxygen atoms in total. The molecule has 2 N–H and O–H groups in total. The summed E-state index contributed by atoms with van der Waals surface area (Å²) in [6.45, 7) is -0.0370. The maximum absolute atomic E-state index is 12.1. The molecule has 0 saturated carbocycles. The van der Waals surface area contributed by atoms with Gasteiger partial charge in [0.15, 0.2) is 0 Å². The lowest BCUT2D eigenvalue weighted by Crippen LogP contribution is -2.17. The van der Waals surface area contributed by atoms with Crippen molar-refractivity contribution in [2.75, 3.05) is 13.7 Å². The number of hydrogen-bond acceptors (Lipinski definition) is 7. The fraction of sp³-hybridized carbons (Fsp3) is 0.111. The van der Waals surface area contributed by atoms with Crippen molar-refractivity contribution < 1.29 is 24.3 Å². The van der Waals surface area contributed by atoms with Crippen molar-refractivity contribution in [1.29, 1.82) is 0 Å². The van der Waals surface area contributed by atoms with Crippen LogP contribution in [0, 0.1) is 22.5 Å². The van der Waals surface area contributed by atoms with Gasteiger partial charge in [0.05, 0.1) is 23.8 Å². The Bertz CT molecular complexity index is 933. The number of phenolic OH excluding ortho intramolecular Hbond substituents is 1. The summed E-state index contributed by atoms with van der Waals surface area (Å²) in [6.07, 6.45) is 6.32. The van der Waals surface area contributed by atoms with E-state index >= 15 is 0 Å². The Hall–Kier alpha value is -4.06. The number of nitro groups is 1. The number of rotatable bonds is 7. The first-order valence-corrected chi connectivity index (χ1v) is 7.51. The quantitative estimate of drug-likeness (QED) is 0.333. The number of non-ortho nitro benzene ring substituents is 1. The van der Waals surface area contributed by atoms with Gasteiger partial charge in [0.1, 0.15) is 23.9 Å². The molecule has 0 saturated heterocycles. The predicted octanol–water partition coefficient (Wildman–Crippen LogP) is 2.08. The lowest BCUT2D eigenvalue weighted by Gasteiger charge is -2.07. The number of hydrazone groups is 1. The number of carbonyl (C=O) groups excluding carboxylic acids is 1. The third-order valence-corrected chi connectivity index (χ3v) is 3.33. The van der Waals surface area contributed by atoms with Crippen LogP contribution in [-0.4, -0.2) is 35.9 Å². The molecule has 2 aromatic rings. The van der Waals surface area contributed by atoms with Crippen LogP contribution in [0.15, 0.2) is 41.5 Å². The molecule has 138 valence electrons. The van der Waals surface area contributed by atoms with Gasteiger partial charge < -0.3 is 14.6 Å². The van der Waals surface area contributed by atoms with Crippen LogP contribution >= 0.6 is 0 Å². The van der Waals surface area contributed by atoms with Gasteiger partial charge >= 0.3 is 0 Å². The van der Waals surface area contributed by atoms with Crippen LogP contribution in [0.2, 0.25) is 0 Å². The van der Waals surface area contributed by atoms with E-state index in [4.69, 9.17) is 15.9 Å². The van der Waals surface area contributed by atoms with Crippen LogP contribution in [0.3, 0.4) is 0 Å². The second-order valence-corrected chi connectivity index (χ2v) is 5.05. The lowest BCUT2D eigenvalue weighted by molar-refractivity contribution is -0.384. The summed E-state index contributed by atoms with van der Waals surface area (Å²) in [5.74, 6) is 1.98. The average molecular weight is 369 g/mol. The first-order chi connectivity index (χ1) is 13.0. The Balaban J connectivity index is 2.19. The Kier molecular flexibility index (Phi) is 6.33. The molecule has 0 aliphatic rings. The van der Waals surface area contributed by atoms with Crippen molar-refractivity contribution in [3.05, 3.63) is 57.6 Å². The second-order valence-electron chi connectivity index (χ2n) is 5.05. The summed E-state index contributed by atoms with van der Waals surface area (Å²) >= 11 is 0. The van der Waals surface area contributed by atoms with Crippen LogP contribution in [0.1, 0.15) is 15.9 Å². The molecule has 0 atom stereocenters. The summed E-state index contributed by atoms with van der Waals surface area (Å²) in [5.41, 5.74) is 2.28. The van der Waals surface area contributed by atoms with Crippen LogP contribution in [0.5, 0.6) is 17.2 Å². The maximum atomic E-state index is 12.1. The van der Waals surface area contributed by atoms with Gasteiger partial charge in [0, 0.05) is 23.8 Å². The van der Waals surface area contributed by atoms with E-state index in [9.17, 15) is 20.0 Å². The molecule has 0 heterocycles. The van der Waals surface area contributed by atoms with Gasteiger partial charge in [-0.1, -0.05) is 5.92 Å². The first-order valence-electron chi connectivity index (χ1n) is 7.51. The number of methoxy groups -OCH3 is 1. The summed E-state index contributed by atoms with van der Waals surface area (Å²) in [7, 11) is 1.43. The number of nitro benzene ring substituents is 1.